The van der Waals surface area contributed by atoms with Crippen LogP contribution in [-0.2, 0) is 0 Å². The topological polar surface area (TPSA) is 4.36 Å². The maximum Gasteiger partial charge on any atom is 0.245 e. The van der Waals surface area contributed by atoms with Crippen LogP contribution in [0.4, 0.5) is 0 Å². The zero-order valence-corrected chi connectivity index (χ0v) is 7.89. The van der Waals surface area contributed by atoms with Crippen molar-refractivity contribution in [2.75, 3.05) is 0 Å². The fourth-order valence-electron chi connectivity index (χ4n) is 1.00. The summed E-state index contributed by atoms with van der Waals surface area (Å²) in [6.45, 7) is 10.7. The van der Waals surface area contributed by atoms with Crippen molar-refractivity contribution in [1.29, 1.82) is 0 Å². The number of halogens is 1. The van der Waals surface area contributed by atoms with Gasteiger partial charge in [0.05, 0.1) is 0 Å². The first-order valence-electron chi connectivity index (χ1n) is 3.77. The minimum atomic E-state index is -0.0685. The minimum absolute atomic E-state index is 0.0685. The van der Waals surface area contributed by atoms with Gasteiger partial charge in [-0.15, -0.1) is 0 Å². The van der Waals surface area contributed by atoms with E-state index in [9.17, 15) is 0 Å². The Labute approximate surface area is 77.8 Å². The highest BCUT2D eigenvalue weighted by atomic mass is 35.5. The maximum atomic E-state index is 6.86. The molecule has 0 saturated carbocycles. The molecule has 0 radical (unpaired) electrons. The second kappa shape index (κ2) is 3.60. The number of aryl methyl sites for hydroxylation is 1. The predicted octanol–water partition coefficient (Wildman–Crippen LogP) is 3.63. The molecule has 2 heteroatoms. The zero-order valence-electron chi connectivity index (χ0n) is 7.13. The molecule has 1 unspecified atom stereocenters. The Kier molecular flexibility index (Phi) is 2.73. The van der Waals surface area contributed by atoms with Gasteiger partial charge in [-0.2, -0.15) is 0 Å². The average Bonchev–Trinajstić information content (AvgIpc) is 2.08. The molecule has 0 bridgehead atoms. The molecule has 1 aromatic carbocycles. The Morgan fingerprint density at radius 2 is 2.17 bits per heavy atom. The Morgan fingerprint density at radius 1 is 1.50 bits per heavy atom. The molecule has 0 spiro atoms. The van der Waals surface area contributed by atoms with Crippen LogP contribution in [0.5, 0.6) is 0 Å². The Hall–Kier alpha value is -1.00. The first-order valence-corrected chi connectivity index (χ1v) is 4.15. The van der Waals surface area contributed by atoms with E-state index in [0.29, 0.717) is 0 Å². The van der Waals surface area contributed by atoms with E-state index in [-0.39, 0.29) is 6.04 Å². The fourth-order valence-corrected chi connectivity index (χ4v) is 1.12. The van der Waals surface area contributed by atoms with Crippen molar-refractivity contribution in [1.82, 2.24) is 0 Å². The normalized spacial score (nSPS) is 12.2. The lowest BCUT2D eigenvalue weighted by Crippen LogP contribution is -1.87. The summed E-state index contributed by atoms with van der Waals surface area (Å²) in [5, 5.41) is 0.760. The third-order valence-corrected chi connectivity index (χ3v) is 2.28. The molecule has 1 atom stereocenters. The van der Waals surface area contributed by atoms with Crippen molar-refractivity contribution in [3.05, 3.63) is 45.8 Å². The molecular weight excluding hydrogens is 170 g/mol. The van der Waals surface area contributed by atoms with E-state index < -0.39 is 0 Å². The van der Waals surface area contributed by atoms with Crippen molar-refractivity contribution >= 4 is 11.6 Å². The van der Waals surface area contributed by atoms with Crippen LogP contribution in [0.25, 0.3) is 4.85 Å². The van der Waals surface area contributed by atoms with Gasteiger partial charge in [-0.05, 0) is 30.7 Å². The number of rotatable bonds is 1. The molecule has 0 fully saturated rings. The van der Waals surface area contributed by atoms with Gasteiger partial charge < -0.3 is 4.85 Å². The molecule has 0 N–H and O–H groups in total. The lowest BCUT2D eigenvalue weighted by atomic mass is 10.1. The van der Waals surface area contributed by atoms with Crippen LogP contribution in [0, 0.1) is 13.5 Å². The largest absolute Gasteiger partial charge is 0.309 e. The molecule has 0 saturated heterocycles. The van der Waals surface area contributed by atoms with E-state index >= 15 is 0 Å². The van der Waals surface area contributed by atoms with Crippen LogP contribution in [-0.4, -0.2) is 0 Å². The van der Waals surface area contributed by atoms with Crippen LogP contribution >= 0.6 is 11.6 Å². The Bertz CT molecular complexity index is 325. The summed E-state index contributed by atoms with van der Waals surface area (Å²) in [6, 6.07) is 5.64. The SMILES string of the molecule is [C-]#[N+]C(C)c1ccc(Cl)c(C)c1. The van der Waals surface area contributed by atoms with Gasteiger partial charge >= 0.3 is 0 Å². The quantitative estimate of drug-likeness (QED) is 0.580. The van der Waals surface area contributed by atoms with Gasteiger partial charge in [-0.3, -0.25) is 0 Å². The molecule has 1 aromatic rings. The summed E-state index contributed by atoms with van der Waals surface area (Å²) in [6.07, 6.45) is 0. The second-order valence-corrected chi connectivity index (χ2v) is 3.22. The minimum Gasteiger partial charge on any atom is -0.309 e. The lowest BCUT2D eigenvalue weighted by molar-refractivity contribution is 0.958. The maximum absolute atomic E-state index is 6.86. The number of benzene rings is 1. The molecule has 62 valence electrons. The molecule has 1 nitrogen and oxygen atoms in total. The van der Waals surface area contributed by atoms with E-state index in [2.05, 4.69) is 4.85 Å². The van der Waals surface area contributed by atoms with Gasteiger partial charge in [0, 0.05) is 17.5 Å². The summed E-state index contributed by atoms with van der Waals surface area (Å²) < 4.78 is 0. The molecule has 0 aliphatic rings. The first-order chi connectivity index (χ1) is 5.65. The average molecular weight is 180 g/mol. The van der Waals surface area contributed by atoms with Crippen LogP contribution < -0.4 is 0 Å². The number of nitrogens with zero attached hydrogens (tertiary/aromatic N) is 1. The second-order valence-electron chi connectivity index (χ2n) is 2.81. The van der Waals surface area contributed by atoms with E-state index in [1.165, 1.54) is 0 Å². The van der Waals surface area contributed by atoms with Gasteiger partial charge in [-0.25, -0.2) is 6.57 Å². The van der Waals surface area contributed by atoms with Gasteiger partial charge in [0.15, 0.2) is 0 Å². The standard InChI is InChI=1S/C10H10ClN/c1-7-6-9(8(2)12-3)4-5-10(7)11/h4-6,8H,1-2H3. The molecule has 12 heavy (non-hydrogen) atoms. The van der Waals surface area contributed by atoms with Crippen LogP contribution in [0.2, 0.25) is 5.02 Å². The molecular formula is C10H10ClN. The van der Waals surface area contributed by atoms with E-state index in [4.69, 9.17) is 18.2 Å². The van der Waals surface area contributed by atoms with Crippen LogP contribution in [0.15, 0.2) is 18.2 Å². The summed E-state index contributed by atoms with van der Waals surface area (Å²) in [7, 11) is 0. The number of hydrogen-bond acceptors (Lipinski definition) is 0. The van der Waals surface area contributed by atoms with E-state index in [1.54, 1.807) is 0 Å². The van der Waals surface area contributed by atoms with Crippen molar-refractivity contribution in [3.63, 3.8) is 0 Å². The summed E-state index contributed by atoms with van der Waals surface area (Å²) in [5.74, 6) is 0. The Balaban J connectivity index is 3.06. The molecule has 0 heterocycles. The molecule has 0 aliphatic carbocycles. The molecule has 1 rings (SSSR count). The van der Waals surface area contributed by atoms with Gasteiger partial charge in [-0.1, -0.05) is 11.6 Å². The highest BCUT2D eigenvalue weighted by Crippen LogP contribution is 2.22. The van der Waals surface area contributed by atoms with Crippen LogP contribution in [0.1, 0.15) is 24.1 Å². The summed E-state index contributed by atoms with van der Waals surface area (Å²) >= 11 is 5.85. The summed E-state index contributed by atoms with van der Waals surface area (Å²) in [5.41, 5.74) is 2.07. The van der Waals surface area contributed by atoms with Gasteiger partial charge in [0.25, 0.3) is 0 Å². The lowest BCUT2D eigenvalue weighted by Gasteiger charge is -2.02. The molecule has 0 aliphatic heterocycles. The van der Waals surface area contributed by atoms with Gasteiger partial charge in [0.1, 0.15) is 0 Å². The summed E-state index contributed by atoms with van der Waals surface area (Å²) in [4.78, 5) is 3.44. The predicted molar refractivity (Wildman–Crippen MR) is 51.2 cm³/mol. The fraction of sp³-hybridized carbons (Fsp3) is 0.300. The van der Waals surface area contributed by atoms with E-state index in [0.717, 1.165) is 16.1 Å². The smallest absolute Gasteiger partial charge is 0.245 e. The van der Waals surface area contributed by atoms with E-state index in [1.807, 2.05) is 32.0 Å². The molecule has 0 aromatic heterocycles. The highest BCUT2D eigenvalue weighted by Gasteiger charge is 2.08. The monoisotopic (exact) mass is 179 g/mol. The van der Waals surface area contributed by atoms with Crippen molar-refractivity contribution in [2.24, 2.45) is 0 Å². The Morgan fingerprint density at radius 3 is 2.67 bits per heavy atom. The van der Waals surface area contributed by atoms with Crippen molar-refractivity contribution in [2.45, 2.75) is 19.9 Å². The van der Waals surface area contributed by atoms with Crippen molar-refractivity contribution < 1.29 is 0 Å². The van der Waals surface area contributed by atoms with Crippen molar-refractivity contribution in [3.8, 4) is 0 Å². The highest BCUT2D eigenvalue weighted by molar-refractivity contribution is 6.31. The third-order valence-electron chi connectivity index (χ3n) is 1.86. The third kappa shape index (κ3) is 1.78. The number of hydrogen-bond donors (Lipinski definition) is 0. The molecule has 0 amide bonds. The zero-order chi connectivity index (χ0) is 9.14. The van der Waals surface area contributed by atoms with Crippen LogP contribution in [0.3, 0.4) is 0 Å². The first kappa shape index (κ1) is 9.09. The van der Waals surface area contributed by atoms with Gasteiger partial charge in [0.2, 0.25) is 6.04 Å².